The van der Waals surface area contributed by atoms with Crippen LogP contribution in [0.3, 0.4) is 0 Å². The predicted molar refractivity (Wildman–Crippen MR) is 80.5 cm³/mol. The van der Waals surface area contributed by atoms with Crippen LogP contribution in [0.1, 0.15) is 46.0 Å². The lowest BCUT2D eigenvalue weighted by Crippen LogP contribution is -2.45. The minimum absolute atomic E-state index is 0.471. The van der Waals surface area contributed by atoms with Crippen molar-refractivity contribution in [3.05, 3.63) is 0 Å². The second-order valence-electron chi connectivity index (χ2n) is 6.84. The van der Waals surface area contributed by atoms with Crippen LogP contribution in [-0.4, -0.2) is 50.8 Å². The number of ether oxygens (including phenoxy) is 1. The lowest BCUT2D eigenvalue weighted by Gasteiger charge is -2.42. The van der Waals surface area contributed by atoms with Crippen LogP contribution >= 0.6 is 0 Å². The maximum absolute atomic E-state index is 5.50. The Morgan fingerprint density at radius 2 is 2.00 bits per heavy atom. The number of rotatable bonds is 6. The zero-order chi connectivity index (χ0) is 13.7. The van der Waals surface area contributed by atoms with E-state index in [1.165, 1.54) is 51.7 Å². The van der Waals surface area contributed by atoms with E-state index in [0.29, 0.717) is 11.5 Å². The van der Waals surface area contributed by atoms with Gasteiger partial charge < -0.3 is 15.0 Å². The van der Waals surface area contributed by atoms with Crippen molar-refractivity contribution in [2.45, 2.75) is 52.1 Å². The van der Waals surface area contributed by atoms with E-state index in [9.17, 15) is 0 Å². The van der Waals surface area contributed by atoms with E-state index in [1.807, 2.05) is 7.11 Å². The second-order valence-corrected chi connectivity index (χ2v) is 6.84. The van der Waals surface area contributed by atoms with Crippen molar-refractivity contribution in [3.63, 3.8) is 0 Å². The van der Waals surface area contributed by atoms with Gasteiger partial charge in [0.2, 0.25) is 0 Å². The topological polar surface area (TPSA) is 24.5 Å². The molecule has 1 aliphatic carbocycles. The number of hydrogen-bond acceptors (Lipinski definition) is 3. The van der Waals surface area contributed by atoms with Crippen LogP contribution in [0.2, 0.25) is 0 Å². The van der Waals surface area contributed by atoms with E-state index in [0.717, 1.165) is 19.0 Å². The molecule has 0 aromatic carbocycles. The van der Waals surface area contributed by atoms with Crippen LogP contribution in [0.25, 0.3) is 0 Å². The molecule has 1 atom stereocenters. The first kappa shape index (κ1) is 15.3. The first-order valence-corrected chi connectivity index (χ1v) is 8.13. The molecular formula is C16H32N2O. The molecule has 0 radical (unpaired) electrons. The largest absolute Gasteiger partial charge is 0.380 e. The quantitative estimate of drug-likeness (QED) is 0.801. The van der Waals surface area contributed by atoms with Crippen LogP contribution in [0, 0.1) is 11.3 Å². The summed E-state index contributed by atoms with van der Waals surface area (Å²) in [7, 11) is 1.85. The maximum Gasteiger partial charge on any atom is 0.0710 e. The Morgan fingerprint density at radius 1 is 1.26 bits per heavy atom. The lowest BCUT2D eigenvalue weighted by molar-refractivity contribution is 0.0758. The van der Waals surface area contributed by atoms with E-state index in [4.69, 9.17) is 4.74 Å². The second kappa shape index (κ2) is 7.05. The monoisotopic (exact) mass is 268 g/mol. The van der Waals surface area contributed by atoms with E-state index in [2.05, 4.69) is 24.1 Å². The average molecular weight is 268 g/mol. The highest BCUT2D eigenvalue weighted by Gasteiger charge is 2.37. The van der Waals surface area contributed by atoms with Gasteiger partial charge in [0.15, 0.2) is 0 Å². The van der Waals surface area contributed by atoms with E-state index in [-0.39, 0.29) is 0 Å². The molecule has 2 fully saturated rings. The molecule has 1 aliphatic heterocycles. The summed E-state index contributed by atoms with van der Waals surface area (Å²) in [6, 6.07) is 0. The third-order valence-electron chi connectivity index (χ3n) is 5.21. The van der Waals surface area contributed by atoms with Gasteiger partial charge in [-0.15, -0.1) is 0 Å². The van der Waals surface area contributed by atoms with E-state index >= 15 is 0 Å². The lowest BCUT2D eigenvalue weighted by atomic mass is 9.70. The molecule has 19 heavy (non-hydrogen) atoms. The van der Waals surface area contributed by atoms with Crippen LogP contribution in [0.4, 0.5) is 0 Å². The third-order valence-corrected chi connectivity index (χ3v) is 5.21. The molecule has 2 aliphatic rings. The van der Waals surface area contributed by atoms with Gasteiger partial charge in [0.25, 0.3) is 0 Å². The highest BCUT2D eigenvalue weighted by molar-refractivity contribution is 4.91. The van der Waals surface area contributed by atoms with Gasteiger partial charge in [0.1, 0.15) is 0 Å². The number of likely N-dealkylation sites (tertiary alicyclic amines) is 1. The van der Waals surface area contributed by atoms with Crippen molar-refractivity contribution in [1.82, 2.24) is 10.2 Å². The van der Waals surface area contributed by atoms with Crippen LogP contribution in [0.15, 0.2) is 0 Å². The van der Waals surface area contributed by atoms with Gasteiger partial charge in [-0.05, 0) is 37.1 Å². The fourth-order valence-corrected chi connectivity index (χ4v) is 3.76. The van der Waals surface area contributed by atoms with Gasteiger partial charge in [-0.3, -0.25) is 0 Å². The summed E-state index contributed by atoms with van der Waals surface area (Å²) in [5.74, 6) is 0.931. The van der Waals surface area contributed by atoms with Gasteiger partial charge >= 0.3 is 0 Å². The van der Waals surface area contributed by atoms with Crippen molar-refractivity contribution in [2.24, 2.45) is 11.3 Å². The molecule has 0 amide bonds. The Labute approximate surface area is 119 Å². The minimum atomic E-state index is 0.471. The fourth-order valence-electron chi connectivity index (χ4n) is 3.76. The number of hydrogen-bond donors (Lipinski definition) is 1. The summed E-state index contributed by atoms with van der Waals surface area (Å²) in [5, 5.41) is 3.61. The summed E-state index contributed by atoms with van der Waals surface area (Å²) < 4.78 is 5.50. The molecule has 1 N–H and O–H groups in total. The van der Waals surface area contributed by atoms with Gasteiger partial charge in [0, 0.05) is 33.3 Å². The normalized spacial score (nSPS) is 36.8. The summed E-state index contributed by atoms with van der Waals surface area (Å²) in [4.78, 5) is 2.64. The van der Waals surface area contributed by atoms with E-state index < -0.39 is 0 Å². The average Bonchev–Trinajstić information content (AvgIpc) is 2.87. The first-order valence-electron chi connectivity index (χ1n) is 8.13. The summed E-state index contributed by atoms with van der Waals surface area (Å²) in [6.45, 7) is 10.6. The Bertz CT molecular complexity index is 256. The Balaban J connectivity index is 1.90. The number of nitrogens with zero attached hydrogens (tertiary/aromatic N) is 1. The molecule has 3 nitrogen and oxygen atoms in total. The Kier molecular flexibility index (Phi) is 5.67. The molecule has 112 valence electrons. The van der Waals surface area contributed by atoms with Gasteiger partial charge in [0.05, 0.1) is 6.10 Å². The molecule has 1 heterocycles. The molecular weight excluding hydrogens is 236 g/mol. The van der Waals surface area contributed by atoms with Crippen molar-refractivity contribution >= 4 is 0 Å². The van der Waals surface area contributed by atoms with Crippen molar-refractivity contribution in [1.29, 1.82) is 0 Å². The maximum atomic E-state index is 5.50. The summed E-state index contributed by atoms with van der Waals surface area (Å²) in [6.07, 6.45) is 7.30. The summed E-state index contributed by atoms with van der Waals surface area (Å²) >= 11 is 0. The van der Waals surface area contributed by atoms with Crippen molar-refractivity contribution < 1.29 is 4.74 Å². The predicted octanol–water partition coefficient (Wildman–Crippen LogP) is 2.51. The SMILES string of the molecule is CCNCC1(CN2CCC(OC)C2)CCC(C)CC1. The fraction of sp³-hybridized carbons (Fsp3) is 1.00. The summed E-state index contributed by atoms with van der Waals surface area (Å²) in [5.41, 5.74) is 0.519. The van der Waals surface area contributed by atoms with E-state index in [1.54, 1.807) is 0 Å². The molecule has 0 aromatic heterocycles. The van der Waals surface area contributed by atoms with Crippen molar-refractivity contribution in [2.75, 3.05) is 39.8 Å². The molecule has 1 unspecified atom stereocenters. The van der Waals surface area contributed by atoms with Crippen LogP contribution in [0.5, 0.6) is 0 Å². The standard InChI is InChI=1S/C16H32N2O/c1-4-17-12-16(8-5-14(2)6-9-16)13-18-10-7-15(11-18)19-3/h14-15,17H,4-13H2,1-3H3. The number of nitrogens with one attached hydrogen (secondary N) is 1. The molecule has 1 saturated heterocycles. The molecule has 0 aromatic rings. The highest BCUT2D eigenvalue weighted by atomic mass is 16.5. The molecule has 1 saturated carbocycles. The molecule has 2 rings (SSSR count). The molecule has 3 heteroatoms. The Morgan fingerprint density at radius 3 is 2.58 bits per heavy atom. The van der Waals surface area contributed by atoms with Gasteiger partial charge in [-0.25, -0.2) is 0 Å². The Hall–Kier alpha value is -0.120. The number of methoxy groups -OCH3 is 1. The smallest absolute Gasteiger partial charge is 0.0710 e. The molecule has 0 bridgehead atoms. The minimum Gasteiger partial charge on any atom is -0.380 e. The van der Waals surface area contributed by atoms with Gasteiger partial charge in [-0.1, -0.05) is 26.7 Å². The zero-order valence-electron chi connectivity index (χ0n) is 13.1. The van der Waals surface area contributed by atoms with Crippen molar-refractivity contribution in [3.8, 4) is 0 Å². The van der Waals surface area contributed by atoms with Crippen LogP contribution < -0.4 is 5.32 Å². The third kappa shape index (κ3) is 4.17. The zero-order valence-corrected chi connectivity index (χ0v) is 13.1. The van der Waals surface area contributed by atoms with Gasteiger partial charge in [-0.2, -0.15) is 0 Å². The highest BCUT2D eigenvalue weighted by Crippen LogP contribution is 2.39. The first-order chi connectivity index (χ1) is 9.17. The van der Waals surface area contributed by atoms with Crippen LogP contribution in [-0.2, 0) is 4.74 Å². The molecule has 0 spiro atoms.